The van der Waals surface area contributed by atoms with Gasteiger partial charge < -0.3 is 15.3 Å². The minimum absolute atomic E-state index is 0.0522. The first-order valence-corrected chi connectivity index (χ1v) is 8.83. The molecule has 0 unspecified atom stereocenters. The number of piperidine rings is 1. The van der Waals surface area contributed by atoms with Crippen molar-refractivity contribution in [1.82, 2.24) is 15.1 Å². The van der Waals surface area contributed by atoms with E-state index in [4.69, 9.17) is 5.11 Å². The summed E-state index contributed by atoms with van der Waals surface area (Å²) in [6, 6.07) is 8.14. The van der Waals surface area contributed by atoms with Crippen molar-refractivity contribution >= 4 is 17.6 Å². The third-order valence-corrected chi connectivity index (χ3v) is 4.80. The molecule has 1 saturated heterocycles. The third-order valence-electron chi connectivity index (χ3n) is 4.80. The maximum atomic E-state index is 12.3. The van der Waals surface area contributed by atoms with Gasteiger partial charge in [-0.1, -0.05) is 19.1 Å². The number of nitrogens with zero attached hydrogens (tertiary/aromatic N) is 3. The van der Waals surface area contributed by atoms with E-state index in [2.05, 4.69) is 34.4 Å². The summed E-state index contributed by atoms with van der Waals surface area (Å²) in [7, 11) is 1.55. The number of hydrogen-bond donors (Lipinski definition) is 2. The van der Waals surface area contributed by atoms with E-state index in [1.165, 1.54) is 29.4 Å². The molecular formula is C19H24N4O3. The molecule has 1 aromatic carbocycles. The number of amides is 1. The first kappa shape index (κ1) is 18.0. The van der Waals surface area contributed by atoms with Gasteiger partial charge in [0.15, 0.2) is 0 Å². The Balaban J connectivity index is 1.62. The van der Waals surface area contributed by atoms with E-state index in [1.54, 1.807) is 7.05 Å². The fourth-order valence-electron chi connectivity index (χ4n) is 3.38. The van der Waals surface area contributed by atoms with Crippen LogP contribution in [0.25, 0.3) is 0 Å². The summed E-state index contributed by atoms with van der Waals surface area (Å²) in [5.74, 6) is -0.898. The Labute approximate surface area is 152 Å². The second kappa shape index (κ2) is 7.59. The van der Waals surface area contributed by atoms with Gasteiger partial charge in [0.1, 0.15) is 11.3 Å². The standard InChI is InChI=1S/C19H24N4O3/c1-13-4-3-9-23(12-13)15-7-5-14(6-8-15)10-20-18(24)17-16(19(25)26)11-21-22(17)2/h5-8,11,13H,3-4,9-10,12H2,1-2H3,(H,20,24)(H,25,26)/t13-/m0/s1. The molecule has 0 aliphatic carbocycles. The number of nitrogens with one attached hydrogen (secondary N) is 1. The van der Waals surface area contributed by atoms with Crippen LogP contribution in [0.3, 0.4) is 0 Å². The lowest BCUT2D eigenvalue weighted by atomic mass is 9.99. The molecule has 138 valence electrons. The average molecular weight is 356 g/mol. The normalized spacial score (nSPS) is 17.2. The van der Waals surface area contributed by atoms with Crippen LogP contribution in [0, 0.1) is 5.92 Å². The predicted molar refractivity (Wildman–Crippen MR) is 98.4 cm³/mol. The summed E-state index contributed by atoms with van der Waals surface area (Å²) in [5, 5.41) is 15.8. The Bertz CT molecular complexity index is 798. The molecule has 2 heterocycles. The number of aryl methyl sites for hydroxylation is 1. The van der Waals surface area contributed by atoms with Crippen molar-refractivity contribution in [3.8, 4) is 0 Å². The molecular weight excluding hydrogens is 332 g/mol. The SMILES string of the molecule is C[C@H]1CCCN(c2ccc(CNC(=O)c3c(C(=O)O)cnn3C)cc2)C1. The van der Waals surface area contributed by atoms with Crippen LogP contribution >= 0.6 is 0 Å². The van der Waals surface area contributed by atoms with E-state index in [-0.39, 0.29) is 11.3 Å². The highest BCUT2D eigenvalue weighted by Gasteiger charge is 2.21. The number of carbonyl (C=O) groups is 2. The molecule has 7 nitrogen and oxygen atoms in total. The van der Waals surface area contributed by atoms with Crippen LogP contribution in [0.1, 0.15) is 46.2 Å². The fourth-order valence-corrected chi connectivity index (χ4v) is 3.38. The molecule has 1 amide bonds. The van der Waals surface area contributed by atoms with Crippen molar-refractivity contribution in [3.05, 3.63) is 47.3 Å². The summed E-state index contributed by atoms with van der Waals surface area (Å²) in [6.07, 6.45) is 3.69. The minimum Gasteiger partial charge on any atom is -0.478 e. The molecule has 0 bridgehead atoms. The van der Waals surface area contributed by atoms with Crippen molar-refractivity contribution in [1.29, 1.82) is 0 Å². The maximum absolute atomic E-state index is 12.3. The quantitative estimate of drug-likeness (QED) is 0.858. The van der Waals surface area contributed by atoms with E-state index in [0.29, 0.717) is 12.5 Å². The minimum atomic E-state index is -1.16. The van der Waals surface area contributed by atoms with Gasteiger partial charge in [-0.3, -0.25) is 9.48 Å². The maximum Gasteiger partial charge on any atom is 0.339 e. The number of aromatic carboxylic acids is 1. The highest BCUT2D eigenvalue weighted by atomic mass is 16.4. The summed E-state index contributed by atoms with van der Waals surface area (Å²) >= 11 is 0. The first-order chi connectivity index (χ1) is 12.5. The number of aromatic nitrogens is 2. The van der Waals surface area contributed by atoms with Crippen LogP contribution in [0.2, 0.25) is 0 Å². The molecule has 0 radical (unpaired) electrons. The van der Waals surface area contributed by atoms with E-state index in [0.717, 1.165) is 18.7 Å². The summed E-state index contributed by atoms with van der Waals surface area (Å²) in [5.41, 5.74) is 2.12. The smallest absolute Gasteiger partial charge is 0.339 e. The lowest BCUT2D eigenvalue weighted by Crippen LogP contribution is -2.34. The summed E-state index contributed by atoms with van der Waals surface area (Å²) in [4.78, 5) is 25.9. The van der Waals surface area contributed by atoms with Gasteiger partial charge in [0.2, 0.25) is 0 Å². The van der Waals surface area contributed by atoms with Crippen molar-refractivity contribution in [2.45, 2.75) is 26.3 Å². The molecule has 26 heavy (non-hydrogen) atoms. The summed E-state index contributed by atoms with van der Waals surface area (Å²) in [6.45, 7) is 4.77. The van der Waals surface area contributed by atoms with E-state index >= 15 is 0 Å². The molecule has 7 heteroatoms. The van der Waals surface area contributed by atoms with E-state index < -0.39 is 11.9 Å². The van der Waals surface area contributed by atoms with Crippen LogP contribution < -0.4 is 10.2 Å². The van der Waals surface area contributed by atoms with Gasteiger partial charge >= 0.3 is 5.97 Å². The second-order valence-electron chi connectivity index (χ2n) is 6.88. The zero-order valence-electron chi connectivity index (χ0n) is 15.1. The Morgan fingerprint density at radius 1 is 1.31 bits per heavy atom. The van der Waals surface area contributed by atoms with Crippen molar-refractivity contribution < 1.29 is 14.7 Å². The molecule has 3 rings (SSSR count). The Morgan fingerprint density at radius 2 is 2.04 bits per heavy atom. The third kappa shape index (κ3) is 3.87. The van der Waals surface area contributed by atoms with Crippen LogP contribution in [-0.2, 0) is 13.6 Å². The Hall–Kier alpha value is -2.83. The molecule has 1 atom stereocenters. The second-order valence-corrected chi connectivity index (χ2v) is 6.88. The average Bonchev–Trinajstić information content (AvgIpc) is 3.02. The van der Waals surface area contributed by atoms with Gasteiger partial charge in [0.25, 0.3) is 5.91 Å². The lowest BCUT2D eigenvalue weighted by molar-refractivity contribution is 0.0690. The highest BCUT2D eigenvalue weighted by Crippen LogP contribution is 2.23. The van der Waals surface area contributed by atoms with E-state index in [9.17, 15) is 9.59 Å². The first-order valence-electron chi connectivity index (χ1n) is 8.83. The zero-order chi connectivity index (χ0) is 18.7. The van der Waals surface area contributed by atoms with Crippen LogP contribution in [0.15, 0.2) is 30.5 Å². The largest absolute Gasteiger partial charge is 0.478 e. The topological polar surface area (TPSA) is 87.5 Å². The molecule has 1 fully saturated rings. The Kier molecular flexibility index (Phi) is 5.25. The Morgan fingerprint density at radius 3 is 2.69 bits per heavy atom. The van der Waals surface area contributed by atoms with Gasteiger partial charge in [-0.2, -0.15) is 5.10 Å². The van der Waals surface area contributed by atoms with Gasteiger partial charge in [-0.05, 0) is 36.5 Å². The van der Waals surface area contributed by atoms with Crippen LogP contribution in [0.5, 0.6) is 0 Å². The molecule has 0 saturated carbocycles. The highest BCUT2D eigenvalue weighted by molar-refractivity contribution is 6.03. The molecule has 1 aromatic heterocycles. The van der Waals surface area contributed by atoms with Gasteiger partial charge in [0.05, 0.1) is 6.20 Å². The van der Waals surface area contributed by atoms with Crippen molar-refractivity contribution in [2.75, 3.05) is 18.0 Å². The van der Waals surface area contributed by atoms with Crippen molar-refractivity contribution in [2.24, 2.45) is 13.0 Å². The fraction of sp³-hybridized carbons (Fsp3) is 0.421. The molecule has 2 aromatic rings. The molecule has 0 spiro atoms. The zero-order valence-corrected chi connectivity index (χ0v) is 15.1. The number of hydrogen-bond acceptors (Lipinski definition) is 4. The van der Waals surface area contributed by atoms with E-state index in [1.807, 2.05) is 12.1 Å². The van der Waals surface area contributed by atoms with Crippen LogP contribution in [0.4, 0.5) is 5.69 Å². The number of benzene rings is 1. The van der Waals surface area contributed by atoms with Gasteiger partial charge in [-0.25, -0.2) is 4.79 Å². The van der Waals surface area contributed by atoms with Crippen molar-refractivity contribution in [3.63, 3.8) is 0 Å². The number of carboxylic acid groups (broad SMARTS) is 1. The monoisotopic (exact) mass is 356 g/mol. The number of rotatable bonds is 5. The summed E-state index contributed by atoms with van der Waals surface area (Å²) < 4.78 is 1.28. The lowest BCUT2D eigenvalue weighted by Gasteiger charge is -2.32. The number of carboxylic acids is 1. The molecule has 1 aliphatic rings. The number of carbonyl (C=O) groups excluding carboxylic acids is 1. The molecule has 1 aliphatic heterocycles. The van der Waals surface area contributed by atoms with Gasteiger partial charge in [-0.15, -0.1) is 0 Å². The van der Waals surface area contributed by atoms with Crippen LogP contribution in [-0.4, -0.2) is 39.9 Å². The molecule has 2 N–H and O–H groups in total. The van der Waals surface area contributed by atoms with Gasteiger partial charge in [0, 0.05) is 32.4 Å². The predicted octanol–water partition coefficient (Wildman–Crippen LogP) is 2.28. The number of anilines is 1.